The molecule has 28 heavy (non-hydrogen) atoms. The number of benzene rings is 2. The molecule has 2 aromatic rings. The Morgan fingerprint density at radius 1 is 1.11 bits per heavy atom. The number of ether oxygens (including phenoxy) is 1. The van der Waals surface area contributed by atoms with Gasteiger partial charge in [0.25, 0.3) is 5.91 Å². The zero-order valence-corrected chi connectivity index (χ0v) is 16.3. The minimum atomic E-state index is -0.490. The van der Waals surface area contributed by atoms with Crippen molar-refractivity contribution in [3.8, 4) is 0 Å². The smallest absolute Gasteiger partial charge is 0.355 e. The number of carbonyl (C=O) groups excluding carboxylic acids is 2. The fourth-order valence-corrected chi connectivity index (χ4v) is 4.61. The second-order valence-electron chi connectivity index (χ2n) is 6.58. The zero-order chi connectivity index (χ0) is 19.5. The summed E-state index contributed by atoms with van der Waals surface area (Å²) in [5, 5.41) is 0.756. The third kappa shape index (κ3) is 3.60. The largest absolute Gasteiger partial charge is 0.456 e. The van der Waals surface area contributed by atoms with Crippen LogP contribution in [0, 0.1) is 0 Å². The van der Waals surface area contributed by atoms with Crippen LogP contribution < -0.4 is 0 Å². The van der Waals surface area contributed by atoms with Gasteiger partial charge in [0, 0.05) is 6.42 Å². The monoisotopic (exact) mass is 392 g/mol. The van der Waals surface area contributed by atoms with Crippen LogP contribution in [-0.4, -0.2) is 33.2 Å². The first-order valence-electron chi connectivity index (χ1n) is 9.15. The molecule has 2 heterocycles. The number of rotatable bonds is 6. The Hall–Kier alpha value is -2.86. The Morgan fingerprint density at radius 2 is 1.75 bits per heavy atom. The maximum Gasteiger partial charge on any atom is 0.355 e. The van der Waals surface area contributed by atoms with Gasteiger partial charge in [0.05, 0.1) is 5.04 Å². The number of thioether (sulfide) groups is 1. The Kier molecular flexibility index (Phi) is 5.30. The number of likely N-dealkylation sites (tertiary alicyclic amines) is 1. The van der Waals surface area contributed by atoms with Gasteiger partial charge in [-0.3, -0.25) is 14.7 Å². The van der Waals surface area contributed by atoms with Gasteiger partial charge < -0.3 is 4.74 Å². The van der Waals surface area contributed by atoms with E-state index in [2.05, 4.69) is 4.99 Å². The molecule has 1 saturated heterocycles. The number of β-lactam (4-membered cyclic amide) rings is 1. The topological polar surface area (TPSA) is 59.0 Å². The lowest BCUT2D eigenvalue weighted by molar-refractivity contribution is -0.151. The summed E-state index contributed by atoms with van der Waals surface area (Å²) >= 11 is 1.55. The quantitative estimate of drug-likeness (QED) is 0.428. The van der Waals surface area contributed by atoms with E-state index in [1.807, 2.05) is 60.7 Å². The number of carbonyl (C=O) groups is 2. The first-order chi connectivity index (χ1) is 13.7. The lowest BCUT2D eigenvalue weighted by atomic mass is 10.1. The third-order valence-corrected chi connectivity index (χ3v) is 5.94. The van der Waals surface area contributed by atoms with Crippen molar-refractivity contribution in [1.82, 2.24) is 4.90 Å². The highest BCUT2D eigenvalue weighted by Crippen LogP contribution is 2.42. The van der Waals surface area contributed by atoms with Gasteiger partial charge in [-0.25, -0.2) is 4.79 Å². The number of aliphatic imine (C=N–C) groups is 1. The molecular formula is C22H20N2O3S. The highest BCUT2D eigenvalue weighted by Gasteiger charge is 2.54. The number of allylic oxidation sites excluding steroid dienone is 1. The molecule has 142 valence electrons. The van der Waals surface area contributed by atoms with Gasteiger partial charge in [0.15, 0.2) is 6.04 Å². The SMILES string of the molecule is CC=C(C(=O)OCc1ccccc1)N1C(=O)C2N=C(Cc3ccccc3)SC21. The van der Waals surface area contributed by atoms with Crippen molar-refractivity contribution < 1.29 is 14.3 Å². The summed E-state index contributed by atoms with van der Waals surface area (Å²) < 4.78 is 5.41. The van der Waals surface area contributed by atoms with Crippen LogP contribution >= 0.6 is 11.8 Å². The minimum Gasteiger partial charge on any atom is -0.456 e. The standard InChI is InChI=1S/C22H20N2O3S/c1-2-17(22(26)27-14-16-11-7-4-8-12-16)24-20(25)19-21(24)28-18(23-19)13-15-9-5-3-6-10-15/h2-12,19,21H,13-14H2,1H3. The van der Waals surface area contributed by atoms with Crippen LogP contribution in [0.1, 0.15) is 18.1 Å². The molecule has 1 fully saturated rings. The summed E-state index contributed by atoms with van der Waals surface area (Å²) in [4.78, 5) is 31.2. The van der Waals surface area contributed by atoms with E-state index in [9.17, 15) is 9.59 Å². The zero-order valence-electron chi connectivity index (χ0n) is 15.4. The molecule has 0 radical (unpaired) electrons. The van der Waals surface area contributed by atoms with E-state index in [0.29, 0.717) is 6.42 Å². The number of hydrogen-bond donors (Lipinski definition) is 0. The predicted octanol–water partition coefficient (Wildman–Crippen LogP) is 3.56. The molecule has 2 aromatic carbocycles. The molecule has 0 saturated carbocycles. The number of fused-ring (bicyclic) bond motifs is 1. The van der Waals surface area contributed by atoms with E-state index in [1.165, 1.54) is 4.90 Å². The van der Waals surface area contributed by atoms with Gasteiger partial charge in [-0.15, -0.1) is 0 Å². The Bertz CT molecular complexity index is 941. The maximum absolute atomic E-state index is 12.6. The first kappa shape index (κ1) is 18.5. The molecule has 0 aromatic heterocycles. The van der Waals surface area contributed by atoms with Crippen molar-refractivity contribution >= 4 is 28.7 Å². The summed E-state index contributed by atoms with van der Waals surface area (Å²) in [7, 11) is 0. The van der Waals surface area contributed by atoms with Crippen molar-refractivity contribution in [2.45, 2.75) is 31.4 Å². The van der Waals surface area contributed by atoms with Crippen molar-refractivity contribution in [3.05, 3.63) is 83.6 Å². The molecule has 0 spiro atoms. The lowest BCUT2D eigenvalue weighted by Crippen LogP contribution is -2.60. The first-order valence-corrected chi connectivity index (χ1v) is 10.0. The van der Waals surface area contributed by atoms with Gasteiger partial charge >= 0.3 is 5.97 Å². The van der Waals surface area contributed by atoms with Crippen LogP contribution in [0.3, 0.4) is 0 Å². The summed E-state index contributed by atoms with van der Waals surface area (Å²) in [6, 6.07) is 19.1. The Labute approximate surface area is 168 Å². The summed E-state index contributed by atoms with van der Waals surface area (Å²) in [5.74, 6) is -0.638. The summed E-state index contributed by atoms with van der Waals surface area (Å²) in [5.41, 5.74) is 2.34. The Balaban J connectivity index is 1.39. The van der Waals surface area contributed by atoms with Crippen molar-refractivity contribution in [2.24, 2.45) is 4.99 Å². The lowest BCUT2D eigenvalue weighted by Gasteiger charge is -2.41. The molecule has 0 N–H and O–H groups in total. The highest BCUT2D eigenvalue weighted by atomic mass is 32.2. The van der Waals surface area contributed by atoms with E-state index >= 15 is 0 Å². The maximum atomic E-state index is 12.6. The fourth-order valence-electron chi connectivity index (χ4n) is 3.28. The molecule has 2 unspecified atom stereocenters. The van der Waals surface area contributed by atoms with Crippen LogP contribution in [0.25, 0.3) is 0 Å². The summed E-state index contributed by atoms with van der Waals surface area (Å²) in [6.07, 6.45) is 2.33. The van der Waals surface area contributed by atoms with Crippen LogP contribution in [0.15, 0.2) is 77.4 Å². The predicted molar refractivity (Wildman–Crippen MR) is 110 cm³/mol. The Morgan fingerprint density at radius 3 is 2.39 bits per heavy atom. The van der Waals surface area contributed by atoms with Crippen LogP contribution in [-0.2, 0) is 27.4 Å². The number of nitrogens with zero attached hydrogens (tertiary/aromatic N) is 2. The van der Waals surface area contributed by atoms with Crippen LogP contribution in [0.2, 0.25) is 0 Å². The van der Waals surface area contributed by atoms with Crippen LogP contribution in [0.5, 0.6) is 0 Å². The second-order valence-corrected chi connectivity index (χ2v) is 7.77. The summed E-state index contributed by atoms with van der Waals surface area (Å²) in [6.45, 7) is 1.92. The van der Waals surface area contributed by atoms with Crippen molar-refractivity contribution in [2.75, 3.05) is 0 Å². The molecule has 5 nitrogen and oxygen atoms in total. The fraction of sp³-hybridized carbons (Fsp3) is 0.227. The molecule has 4 rings (SSSR count). The molecule has 2 aliphatic rings. The molecule has 0 bridgehead atoms. The third-order valence-electron chi connectivity index (χ3n) is 4.71. The molecule has 6 heteroatoms. The van der Waals surface area contributed by atoms with Crippen LogP contribution in [0.4, 0.5) is 0 Å². The molecule has 2 atom stereocenters. The number of esters is 1. The molecule has 1 amide bonds. The number of amides is 1. The van der Waals surface area contributed by atoms with Crippen molar-refractivity contribution in [1.29, 1.82) is 0 Å². The van der Waals surface area contributed by atoms with Gasteiger partial charge in [-0.1, -0.05) is 78.5 Å². The van der Waals surface area contributed by atoms with E-state index in [-0.39, 0.29) is 23.6 Å². The molecule has 0 aliphatic carbocycles. The minimum absolute atomic E-state index is 0.148. The van der Waals surface area contributed by atoms with Gasteiger partial charge in [-0.05, 0) is 18.1 Å². The highest BCUT2D eigenvalue weighted by molar-refractivity contribution is 8.14. The average Bonchev–Trinajstić information content (AvgIpc) is 3.10. The van der Waals surface area contributed by atoms with Crippen molar-refractivity contribution in [3.63, 3.8) is 0 Å². The normalized spacial score (nSPS) is 21.0. The van der Waals surface area contributed by atoms with Gasteiger partial charge in [-0.2, -0.15) is 0 Å². The molecular weight excluding hydrogens is 372 g/mol. The molecule has 2 aliphatic heterocycles. The van der Waals surface area contributed by atoms with E-state index in [0.717, 1.165) is 16.2 Å². The second kappa shape index (κ2) is 8.02. The van der Waals surface area contributed by atoms with E-state index in [4.69, 9.17) is 4.74 Å². The van der Waals surface area contributed by atoms with Gasteiger partial charge in [0.2, 0.25) is 0 Å². The number of hydrogen-bond acceptors (Lipinski definition) is 5. The average molecular weight is 392 g/mol. The van der Waals surface area contributed by atoms with Gasteiger partial charge in [0.1, 0.15) is 17.7 Å². The van der Waals surface area contributed by atoms with E-state index < -0.39 is 12.0 Å². The van der Waals surface area contributed by atoms with E-state index in [1.54, 1.807) is 24.8 Å².